The van der Waals surface area contributed by atoms with Crippen LogP contribution in [0.4, 0.5) is 0 Å². The van der Waals surface area contributed by atoms with E-state index in [2.05, 4.69) is 15.9 Å². The van der Waals surface area contributed by atoms with Crippen LogP contribution < -0.4 is 0 Å². The lowest BCUT2D eigenvalue weighted by Gasteiger charge is -2.05. The zero-order valence-corrected chi connectivity index (χ0v) is 8.58. The standard InChI is InChI=1S/C8H9BrOS/c1-11-8-4-2-3-7(9)6(8)5-10/h2-4,10H,5H2,1H3. The molecule has 0 amide bonds. The van der Waals surface area contributed by atoms with Crippen LogP contribution in [0.15, 0.2) is 27.6 Å². The van der Waals surface area contributed by atoms with Crippen molar-refractivity contribution in [3.63, 3.8) is 0 Å². The smallest absolute Gasteiger partial charge is 0.0703 e. The van der Waals surface area contributed by atoms with Crippen LogP contribution in [0, 0.1) is 0 Å². The van der Waals surface area contributed by atoms with E-state index in [1.54, 1.807) is 11.8 Å². The monoisotopic (exact) mass is 232 g/mol. The third-order valence-electron chi connectivity index (χ3n) is 1.45. The van der Waals surface area contributed by atoms with Gasteiger partial charge in [-0.3, -0.25) is 0 Å². The fourth-order valence-electron chi connectivity index (χ4n) is 0.884. The molecule has 1 rings (SSSR count). The number of aliphatic hydroxyl groups excluding tert-OH is 1. The summed E-state index contributed by atoms with van der Waals surface area (Å²) in [6.07, 6.45) is 2.00. The number of aliphatic hydroxyl groups is 1. The maximum atomic E-state index is 8.99. The predicted molar refractivity (Wildman–Crippen MR) is 51.8 cm³/mol. The Balaban J connectivity index is 3.13. The van der Waals surface area contributed by atoms with Crippen LogP contribution >= 0.6 is 27.7 Å². The summed E-state index contributed by atoms with van der Waals surface area (Å²) in [5, 5.41) is 8.99. The molecule has 0 aliphatic rings. The number of hydrogen-bond donors (Lipinski definition) is 1. The summed E-state index contributed by atoms with van der Waals surface area (Å²) in [5.74, 6) is 0. The molecule has 0 unspecified atom stereocenters. The largest absolute Gasteiger partial charge is 0.392 e. The molecule has 0 aliphatic heterocycles. The molecule has 1 aromatic rings. The Morgan fingerprint density at radius 1 is 1.55 bits per heavy atom. The Bertz CT molecular complexity index is 250. The third kappa shape index (κ3) is 1.98. The summed E-state index contributed by atoms with van der Waals surface area (Å²) < 4.78 is 0.979. The second-order valence-electron chi connectivity index (χ2n) is 2.08. The molecular weight excluding hydrogens is 224 g/mol. The van der Waals surface area contributed by atoms with Gasteiger partial charge in [-0.15, -0.1) is 11.8 Å². The lowest BCUT2D eigenvalue weighted by atomic mass is 10.2. The number of thioether (sulfide) groups is 1. The van der Waals surface area contributed by atoms with Crippen LogP contribution in [0.25, 0.3) is 0 Å². The van der Waals surface area contributed by atoms with Gasteiger partial charge < -0.3 is 5.11 Å². The fourth-order valence-corrected chi connectivity index (χ4v) is 2.14. The quantitative estimate of drug-likeness (QED) is 0.792. The highest BCUT2D eigenvalue weighted by Gasteiger charge is 2.02. The highest BCUT2D eigenvalue weighted by Crippen LogP contribution is 2.26. The van der Waals surface area contributed by atoms with E-state index in [-0.39, 0.29) is 6.61 Å². The van der Waals surface area contributed by atoms with Crippen LogP contribution in [0.2, 0.25) is 0 Å². The zero-order chi connectivity index (χ0) is 8.27. The van der Waals surface area contributed by atoms with Crippen LogP contribution in [-0.2, 0) is 6.61 Å². The highest BCUT2D eigenvalue weighted by atomic mass is 79.9. The molecule has 1 N–H and O–H groups in total. The van der Waals surface area contributed by atoms with Gasteiger partial charge in [0.25, 0.3) is 0 Å². The number of hydrogen-bond acceptors (Lipinski definition) is 2. The van der Waals surface area contributed by atoms with Crippen LogP contribution in [-0.4, -0.2) is 11.4 Å². The first kappa shape index (κ1) is 9.10. The van der Waals surface area contributed by atoms with E-state index >= 15 is 0 Å². The molecule has 0 saturated carbocycles. The lowest BCUT2D eigenvalue weighted by molar-refractivity contribution is 0.278. The average molecular weight is 233 g/mol. The van der Waals surface area contributed by atoms with Crippen LogP contribution in [0.3, 0.4) is 0 Å². The fraction of sp³-hybridized carbons (Fsp3) is 0.250. The van der Waals surface area contributed by atoms with Crippen molar-refractivity contribution in [1.82, 2.24) is 0 Å². The van der Waals surface area contributed by atoms with Crippen molar-refractivity contribution in [2.45, 2.75) is 11.5 Å². The predicted octanol–water partition coefficient (Wildman–Crippen LogP) is 2.66. The number of benzene rings is 1. The van der Waals surface area contributed by atoms with Gasteiger partial charge in [-0.1, -0.05) is 22.0 Å². The Morgan fingerprint density at radius 3 is 2.73 bits per heavy atom. The molecule has 60 valence electrons. The molecule has 0 aromatic heterocycles. The summed E-state index contributed by atoms with van der Waals surface area (Å²) in [4.78, 5) is 1.13. The van der Waals surface area contributed by atoms with E-state index in [4.69, 9.17) is 5.11 Å². The van der Waals surface area contributed by atoms with Crippen molar-refractivity contribution in [2.75, 3.05) is 6.26 Å². The summed E-state index contributed by atoms with van der Waals surface area (Å²) in [5.41, 5.74) is 0.972. The van der Waals surface area contributed by atoms with Crippen molar-refractivity contribution in [1.29, 1.82) is 0 Å². The second-order valence-corrected chi connectivity index (χ2v) is 3.78. The Morgan fingerprint density at radius 2 is 2.27 bits per heavy atom. The summed E-state index contributed by atoms with van der Waals surface area (Å²) in [6, 6.07) is 5.90. The Labute approximate surface area is 78.9 Å². The van der Waals surface area contributed by atoms with Gasteiger partial charge in [-0.25, -0.2) is 0 Å². The average Bonchev–Trinajstić information content (AvgIpc) is 2.04. The molecule has 3 heteroatoms. The van der Waals surface area contributed by atoms with Gasteiger partial charge >= 0.3 is 0 Å². The van der Waals surface area contributed by atoms with Gasteiger partial charge in [-0.2, -0.15) is 0 Å². The molecule has 1 aromatic carbocycles. The minimum atomic E-state index is 0.0948. The van der Waals surface area contributed by atoms with Gasteiger partial charge in [0.15, 0.2) is 0 Å². The molecular formula is C8H9BrOS. The zero-order valence-electron chi connectivity index (χ0n) is 6.17. The van der Waals surface area contributed by atoms with E-state index < -0.39 is 0 Å². The first-order valence-electron chi connectivity index (χ1n) is 3.22. The molecule has 0 heterocycles. The highest BCUT2D eigenvalue weighted by molar-refractivity contribution is 9.10. The van der Waals surface area contributed by atoms with E-state index in [0.717, 1.165) is 14.9 Å². The SMILES string of the molecule is CSc1cccc(Br)c1CO. The maximum absolute atomic E-state index is 8.99. The Hall–Kier alpha value is 0.01000. The van der Waals surface area contributed by atoms with Crippen molar-refractivity contribution < 1.29 is 5.11 Å². The van der Waals surface area contributed by atoms with Gasteiger partial charge in [0.05, 0.1) is 6.61 Å². The molecule has 0 bridgehead atoms. The van der Waals surface area contributed by atoms with E-state index in [0.29, 0.717) is 0 Å². The van der Waals surface area contributed by atoms with E-state index in [9.17, 15) is 0 Å². The second kappa shape index (κ2) is 4.14. The first-order chi connectivity index (χ1) is 5.29. The van der Waals surface area contributed by atoms with E-state index in [1.807, 2.05) is 24.5 Å². The van der Waals surface area contributed by atoms with Crippen LogP contribution in [0.5, 0.6) is 0 Å². The van der Waals surface area contributed by atoms with E-state index in [1.165, 1.54) is 0 Å². The molecule has 0 atom stereocenters. The number of halogens is 1. The molecule has 0 radical (unpaired) electrons. The minimum Gasteiger partial charge on any atom is -0.392 e. The molecule has 0 saturated heterocycles. The first-order valence-corrected chi connectivity index (χ1v) is 5.23. The van der Waals surface area contributed by atoms with Crippen molar-refractivity contribution in [3.8, 4) is 0 Å². The van der Waals surface area contributed by atoms with Crippen LogP contribution in [0.1, 0.15) is 5.56 Å². The molecule has 0 spiro atoms. The van der Waals surface area contributed by atoms with Crippen molar-refractivity contribution in [3.05, 3.63) is 28.2 Å². The van der Waals surface area contributed by atoms with Gasteiger partial charge in [0.1, 0.15) is 0 Å². The Kier molecular flexibility index (Phi) is 3.43. The molecule has 0 fully saturated rings. The number of rotatable bonds is 2. The van der Waals surface area contributed by atoms with Crippen molar-refractivity contribution in [2.24, 2.45) is 0 Å². The third-order valence-corrected chi connectivity index (χ3v) is 3.02. The summed E-state index contributed by atoms with van der Waals surface area (Å²) >= 11 is 5.02. The van der Waals surface area contributed by atoms with Crippen molar-refractivity contribution >= 4 is 27.7 Å². The normalized spacial score (nSPS) is 10.1. The van der Waals surface area contributed by atoms with Gasteiger partial charge in [0.2, 0.25) is 0 Å². The molecule has 1 nitrogen and oxygen atoms in total. The molecule has 0 aliphatic carbocycles. The molecule has 11 heavy (non-hydrogen) atoms. The summed E-state index contributed by atoms with van der Waals surface area (Å²) in [6.45, 7) is 0.0948. The maximum Gasteiger partial charge on any atom is 0.0703 e. The van der Waals surface area contributed by atoms with Gasteiger partial charge in [0, 0.05) is 14.9 Å². The summed E-state index contributed by atoms with van der Waals surface area (Å²) in [7, 11) is 0. The lowest BCUT2D eigenvalue weighted by Crippen LogP contribution is -1.87. The topological polar surface area (TPSA) is 20.2 Å². The minimum absolute atomic E-state index is 0.0948. The van der Waals surface area contributed by atoms with Gasteiger partial charge in [-0.05, 0) is 18.4 Å².